The van der Waals surface area contributed by atoms with Crippen molar-refractivity contribution in [1.82, 2.24) is 10.6 Å². The molecule has 4 nitrogen and oxygen atoms in total. The minimum Gasteiger partial charge on any atom is -0.396 e. The van der Waals surface area contributed by atoms with Crippen molar-refractivity contribution in [2.75, 3.05) is 13.2 Å². The fourth-order valence-electron chi connectivity index (χ4n) is 2.50. The smallest absolute Gasteiger partial charge is 0.396 e. The van der Waals surface area contributed by atoms with Crippen LogP contribution in [0.2, 0.25) is 0 Å². The fourth-order valence-corrected chi connectivity index (χ4v) is 2.50. The second-order valence-corrected chi connectivity index (χ2v) is 4.96. The van der Waals surface area contributed by atoms with Crippen molar-refractivity contribution in [3.8, 4) is 0 Å². The summed E-state index contributed by atoms with van der Waals surface area (Å²) in [5.74, 6) is 0.248. The Balaban J connectivity index is 2.41. The van der Waals surface area contributed by atoms with Gasteiger partial charge < -0.3 is 15.7 Å². The number of aliphatic hydroxyl groups excluding tert-OH is 1. The van der Waals surface area contributed by atoms with Gasteiger partial charge in [0.2, 0.25) is 0 Å². The highest BCUT2D eigenvalue weighted by Gasteiger charge is 2.29. The largest absolute Gasteiger partial charge is 0.405 e. The summed E-state index contributed by atoms with van der Waals surface area (Å²) in [5.41, 5.74) is 0. The zero-order valence-corrected chi connectivity index (χ0v) is 10.8. The van der Waals surface area contributed by atoms with E-state index in [1.165, 1.54) is 0 Å². The van der Waals surface area contributed by atoms with E-state index in [0.29, 0.717) is 6.42 Å². The maximum Gasteiger partial charge on any atom is 0.405 e. The van der Waals surface area contributed by atoms with Gasteiger partial charge in [-0.3, -0.25) is 0 Å². The first-order valence-electron chi connectivity index (χ1n) is 6.64. The number of carbonyl (C=O) groups excluding carboxylic acids is 1. The van der Waals surface area contributed by atoms with E-state index in [4.69, 9.17) is 5.11 Å². The van der Waals surface area contributed by atoms with Crippen LogP contribution in [0, 0.1) is 5.92 Å². The molecule has 0 unspecified atom stereocenters. The van der Waals surface area contributed by atoms with Crippen LogP contribution >= 0.6 is 0 Å². The topological polar surface area (TPSA) is 61.4 Å². The lowest BCUT2D eigenvalue weighted by atomic mass is 9.83. The quantitative estimate of drug-likeness (QED) is 0.724. The Kier molecular flexibility index (Phi) is 6.41. The van der Waals surface area contributed by atoms with Gasteiger partial charge in [0, 0.05) is 12.6 Å². The third kappa shape index (κ3) is 6.66. The molecule has 0 heterocycles. The molecule has 1 aliphatic rings. The number of rotatable bonds is 5. The molecule has 0 spiro atoms. The Hall–Kier alpha value is -0.980. The standard InChI is InChI=1S/C12H21F3N2O2/c13-12(14,15)8-16-11(19)17-10(6-7-18)9-4-2-1-3-5-9/h9-10,18H,1-8H2,(H2,16,17,19)/t10-/m0/s1. The van der Waals surface area contributed by atoms with Crippen LogP contribution in [0.4, 0.5) is 18.0 Å². The molecule has 1 atom stereocenters. The summed E-state index contributed by atoms with van der Waals surface area (Å²) in [6, 6.07) is -1.07. The van der Waals surface area contributed by atoms with Crippen LogP contribution in [-0.4, -0.2) is 36.5 Å². The van der Waals surface area contributed by atoms with E-state index in [1.807, 2.05) is 0 Å². The molecule has 1 aliphatic carbocycles. The molecule has 0 bridgehead atoms. The van der Waals surface area contributed by atoms with E-state index < -0.39 is 18.8 Å². The molecule has 0 saturated heterocycles. The lowest BCUT2D eigenvalue weighted by Gasteiger charge is -2.30. The molecule has 0 aliphatic heterocycles. The summed E-state index contributed by atoms with van der Waals surface area (Å²) in [5, 5.41) is 13.3. The predicted octanol–water partition coefficient (Wildman–Crippen LogP) is 2.18. The van der Waals surface area contributed by atoms with Crippen LogP contribution in [0.3, 0.4) is 0 Å². The van der Waals surface area contributed by atoms with Gasteiger partial charge in [0.05, 0.1) is 0 Å². The predicted molar refractivity (Wildman–Crippen MR) is 64.7 cm³/mol. The molecule has 112 valence electrons. The molecule has 2 amide bonds. The number of hydrogen-bond donors (Lipinski definition) is 3. The van der Waals surface area contributed by atoms with Crippen molar-refractivity contribution in [2.24, 2.45) is 5.92 Å². The van der Waals surface area contributed by atoms with E-state index in [-0.39, 0.29) is 18.6 Å². The average molecular weight is 282 g/mol. The van der Waals surface area contributed by atoms with Crippen molar-refractivity contribution >= 4 is 6.03 Å². The molecule has 1 rings (SSSR count). The zero-order chi connectivity index (χ0) is 14.3. The van der Waals surface area contributed by atoms with Gasteiger partial charge in [0.1, 0.15) is 6.54 Å². The number of carbonyl (C=O) groups is 1. The normalized spacial score (nSPS) is 18.9. The lowest BCUT2D eigenvalue weighted by Crippen LogP contribution is -2.48. The highest BCUT2D eigenvalue weighted by atomic mass is 19.4. The fraction of sp³-hybridized carbons (Fsp3) is 0.917. The molecule has 1 saturated carbocycles. The summed E-state index contributed by atoms with van der Waals surface area (Å²) < 4.78 is 35.9. The summed E-state index contributed by atoms with van der Waals surface area (Å²) in [6.07, 6.45) is 1.16. The van der Waals surface area contributed by atoms with Crippen LogP contribution in [0.1, 0.15) is 38.5 Å². The second kappa shape index (κ2) is 7.57. The first-order valence-corrected chi connectivity index (χ1v) is 6.64. The SMILES string of the molecule is O=C(NCC(F)(F)F)N[C@@H](CCO)C1CCCCC1. The molecule has 0 aromatic rings. The average Bonchev–Trinajstić information content (AvgIpc) is 2.36. The van der Waals surface area contributed by atoms with Crippen molar-refractivity contribution < 1.29 is 23.1 Å². The first kappa shape index (κ1) is 16.1. The van der Waals surface area contributed by atoms with Crippen molar-refractivity contribution in [2.45, 2.75) is 50.7 Å². The highest BCUT2D eigenvalue weighted by molar-refractivity contribution is 5.74. The third-order valence-electron chi connectivity index (χ3n) is 3.42. The Labute approximate surface area is 110 Å². The highest BCUT2D eigenvalue weighted by Crippen LogP contribution is 2.27. The molecule has 1 fully saturated rings. The molecule has 0 aromatic heterocycles. The molecular formula is C12H21F3N2O2. The Morgan fingerprint density at radius 2 is 1.89 bits per heavy atom. The molecule has 19 heavy (non-hydrogen) atoms. The maximum absolute atomic E-state index is 12.0. The van der Waals surface area contributed by atoms with Crippen molar-refractivity contribution in [1.29, 1.82) is 0 Å². The van der Waals surface area contributed by atoms with Gasteiger partial charge in [-0.2, -0.15) is 13.2 Å². The number of halogens is 3. The van der Waals surface area contributed by atoms with E-state index in [2.05, 4.69) is 5.32 Å². The number of hydrogen-bond acceptors (Lipinski definition) is 2. The van der Waals surface area contributed by atoms with Gasteiger partial charge in [-0.15, -0.1) is 0 Å². The van der Waals surface area contributed by atoms with Gasteiger partial charge in [-0.1, -0.05) is 19.3 Å². The van der Waals surface area contributed by atoms with Gasteiger partial charge in [-0.25, -0.2) is 4.79 Å². The minimum atomic E-state index is -4.41. The van der Waals surface area contributed by atoms with Crippen LogP contribution in [0.25, 0.3) is 0 Å². The van der Waals surface area contributed by atoms with Crippen LogP contribution in [-0.2, 0) is 0 Å². The molecule has 3 N–H and O–H groups in total. The van der Waals surface area contributed by atoms with Gasteiger partial charge >= 0.3 is 12.2 Å². The summed E-state index contributed by atoms with van der Waals surface area (Å²) in [4.78, 5) is 11.4. The van der Waals surface area contributed by atoms with Gasteiger partial charge in [-0.05, 0) is 25.2 Å². The third-order valence-corrected chi connectivity index (χ3v) is 3.42. The Bertz CT molecular complexity index is 279. The number of alkyl halides is 3. The molecular weight excluding hydrogens is 261 g/mol. The molecule has 7 heteroatoms. The Morgan fingerprint density at radius 3 is 2.42 bits per heavy atom. The lowest BCUT2D eigenvalue weighted by molar-refractivity contribution is -0.122. The van der Waals surface area contributed by atoms with E-state index in [1.54, 1.807) is 5.32 Å². The van der Waals surface area contributed by atoms with Crippen LogP contribution in [0.15, 0.2) is 0 Å². The summed E-state index contributed by atoms with van der Waals surface area (Å²) in [7, 11) is 0. The molecule has 0 radical (unpaired) electrons. The Morgan fingerprint density at radius 1 is 1.26 bits per heavy atom. The first-order chi connectivity index (χ1) is 8.92. The van der Waals surface area contributed by atoms with E-state index in [9.17, 15) is 18.0 Å². The molecule has 0 aromatic carbocycles. The van der Waals surface area contributed by atoms with E-state index in [0.717, 1.165) is 32.1 Å². The van der Waals surface area contributed by atoms with E-state index >= 15 is 0 Å². The van der Waals surface area contributed by atoms with Crippen molar-refractivity contribution in [3.05, 3.63) is 0 Å². The second-order valence-electron chi connectivity index (χ2n) is 4.96. The maximum atomic E-state index is 12.0. The van der Waals surface area contributed by atoms with Crippen LogP contribution in [0.5, 0.6) is 0 Å². The number of amides is 2. The zero-order valence-electron chi connectivity index (χ0n) is 10.8. The minimum absolute atomic E-state index is 0.0826. The van der Waals surface area contributed by atoms with Gasteiger partial charge in [0.25, 0.3) is 0 Å². The van der Waals surface area contributed by atoms with Gasteiger partial charge in [0.15, 0.2) is 0 Å². The number of nitrogens with one attached hydrogen (secondary N) is 2. The monoisotopic (exact) mass is 282 g/mol. The number of urea groups is 1. The summed E-state index contributed by atoms with van der Waals surface area (Å²) in [6.45, 7) is -1.42. The van der Waals surface area contributed by atoms with Crippen molar-refractivity contribution in [3.63, 3.8) is 0 Å². The number of aliphatic hydroxyl groups is 1. The van der Waals surface area contributed by atoms with Crippen LogP contribution < -0.4 is 10.6 Å². The summed E-state index contributed by atoms with van der Waals surface area (Å²) >= 11 is 0.